The monoisotopic (exact) mass is 369 g/mol. The predicted molar refractivity (Wildman–Crippen MR) is 73.0 cm³/mol. The predicted octanol–water partition coefficient (Wildman–Crippen LogP) is 5.01. The second kappa shape index (κ2) is 5.51. The van der Waals surface area contributed by atoms with E-state index in [-0.39, 0.29) is 0 Å². The van der Waals surface area contributed by atoms with Crippen LogP contribution in [0.3, 0.4) is 0 Å². The van der Waals surface area contributed by atoms with Crippen molar-refractivity contribution < 1.29 is 9.13 Å². The zero-order chi connectivity index (χ0) is 13.1. The molecule has 5 heteroatoms. The standard InChI is InChI=1S/C13H6Br2FNO/c14-9-2-1-8(7-17)13(5-9)18-10-3-4-11(15)12(16)6-10/h1-6H. The van der Waals surface area contributed by atoms with Crippen LogP contribution in [0, 0.1) is 17.1 Å². The van der Waals surface area contributed by atoms with Gasteiger partial charge in [0.1, 0.15) is 23.4 Å². The molecule has 0 saturated heterocycles. The molecule has 2 nitrogen and oxygen atoms in total. The molecule has 0 aliphatic heterocycles. The van der Waals surface area contributed by atoms with Crippen molar-refractivity contribution in [3.63, 3.8) is 0 Å². The fraction of sp³-hybridized carbons (Fsp3) is 0. The van der Waals surface area contributed by atoms with Crippen LogP contribution in [0.5, 0.6) is 11.5 Å². The van der Waals surface area contributed by atoms with Crippen molar-refractivity contribution in [2.75, 3.05) is 0 Å². The van der Waals surface area contributed by atoms with Gasteiger partial charge in [0.05, 0.1) is 10.0 Å². The van der Waals surface area contributed by atoms with E-state index in [4.69, 9.17) is 10.00 Å². The van der Waals surface area contributed by atoms with Gasteiger partial charge in [-0.2, -0.15) is 5.26 Å². The Morgan fingerprint density at radius 1 is 1.11 bits per heavy atom. The fourth-order valence-corrected chi connectivity index (χ4v) is 1.93. The molecule has 0 amide bonds. The molecule has 0 heterocycles. The lowest BCUT2D eigenvalue weighted by Gasteiger charge is -2.08. The average Bonchev–Trinajstić information content (AvgIpc) is 2.34. The van der Waals surface area contributed by atoms with Gasteiger partial charge in [0.25, 0.3) is 0 Å². The molecular formula is C13H6Br2FNO. The molecule has 18 heavy (non-hydrogen) atoms. The van der Waals surface area contributed by atoms with Crippen LogP contribution in [-0.2, 0) is 0 Å². The van der Waals surface area contributed by atoms with Crippen molar-refractivity contribution in [3.8, 4) is 17.6 Å². The van der Waals surface area contributed by atoms with Crippen LogP contribution in [0.4, 0.5) is 4.39 Å². The average molecular weight is 371 g/mol. The summed E-state index contributed by atoms with van der Waals surface area (Å²) < 4.78 is 20.0. The first kappa shape index (κ1) is 13.1. The highest BCUT2D eigenvalue weighted by Gasteiger charge is 2.07. The Kier molecular flexibility index (Phi) is 4.00. The van der Waals surface area contributed by atoms with E-state index < -0.39 is 5.82 Å². The summed E-state index contributed by atoms with van der Waals surface area (Å²) in [5.74, 6) is 0.305. The third-order valence-corrected chi connectivity index (χ3v) is 3.32. The smallest absolute Gasteiger partial charge is 0.146 e. The van der Waals surface area contributed by atoms with Crippen LogP contribution < -0.4 is 4.74 Å². The zero-order valence-corrected chi connectivity index (χ0v) is 12.1. The van der Waals surface area contributed by atoms with Crippen molar-refractivity contribution in [2.45, 2.75) is 0 Å². The molecule has 0 aliphatic carbocycles. The molecule has 90 valence electrons. The van der Waals surface area contributed by atoms with Crippen molar-refractivity contribution in [1.29, 1.82) is 5.26 Å². The molecule has 2 rings (SSSR count). The van der Waals surface area contributed by atoms with Crippen molar-refractivity contribution in [1.82, 2.24) is 0 Å². The Morgan fingerprint density at radius 2 is 1.89 bits per heavy atom. The van der Waals surface area contributed by atoms with Gasteiger partial charge >= 0.3 is 0 Å². The SMILES string of the molecule is N#Cc1ccc(Br)cc1Oc1ccc(Br)c(F)c1. The van der Waals surface area contributed by atoms with Crippen LogP contribution in [-0.4, -0.2) is 0 Å². The summed E-state index contributed by atoms with van der Waals surface area (Å²) in [7, 11) is 0. The molecule has 0 radical (unpaired) electrons. The summed E-state index contributed by atoms with van der Waals surface area (Å²) in [5.41, 5.74) is 0.390. The quantitative estimate of drug-likeness (QED) is 0.743. The number of hydrogen-bond acceptors (Lipinski definition) is 2. The molecule has 0 N–H and O–H groups in total. The topological polar surface area (TPSA) is 33.0 Å². The minimum absolute atomic E-state index is 0.338. The van der Waals surface area contributed by atoms with Crippen LogP contribution in [0.15, 0.2) is 45.3 Å². The van der Waals surface area contributed by atoms with Crippen LogP contribution in [0.2, 0.25) is 0 Å². The largest absolute Gasteiger partial charge is 0.456 e. The van der Waals surface area contributed by atoms with Gasteiger partial charge in [-0.15, -0.1) is 0 Å². The van der Waals surface area contributed by atoms with E-state index in [0.29, 0.717) is 21.5 Å². The molecule has 0 aliphatic rings. The van der Waals surface area contributed by atoms with Gasteiger partial charge in [-0.1, -0.05) is 15.9 Å². The second-order valence-corrected chi connectivity index (χ2v) is 5.20. The van der Waals surface area contributed by atoms with Gasteiger partial charge < -0.3 is 4.74 Å². The lowest BCUT2D eigenvalue weighted by Crippen LogP contribution is -1.89. The van der Waals surface area contributed by atoms with E-state index in [2.05, 4.69) is 31.9 Å². The summed E-state index contributed by atoms with van der Waals surface area (Å²) >= 11 is 6.36. The number of benzene rings is 2. The normalized spacial score (nSPS) is 9.89. The highest BCUT2D eigenvalue weighted by molar-refractivity contribution is 9.10. The van der Waals surface area contributed by atoms with Gasteiger partial charge in [0.2, 0.25) is 0 Å². The Labute approximate surface area is 120 Å². The first-order chi connectivity index (χ1) is 8.60. The van der Waals surface area contributed by atoms with E-state index in [1.165, 1.54) is 6.07 Å². The Morgan fingerprint density at radius 3 is 2.56 bits per heavy atom. The van der Waals surface area contributed by atoms with Gasteiger partial charge in [-0.05, 0) is 46.3 Å². The number of hydrogen-bond donors (Lipinski definition) is 0. The molecule has 0 bridgehead atoms. The maximum Gasteiger partial charge on any atom is 0.146 e. The van der Waals surface area contributed by atoms with E-state index in [1.54, 1.807) is 30.3 Å². The van der Waals surface area contributed by atoms with Crippen LogP contribution in [0.25, 0.3) is 0 Å². The first-order valence-corrected chi connectivity index (χ1v) is 6.51. The summed E-state index contributed by atoms with van der Waals surface area (Å²) in [6.07, 6.45) is 0. The van der Waals surface area contributed by atoms with Gasteiger partial charge in [-0.25, -0.2) is 4.39 Å². The maximum atomic E-state index is 13.3. The number of nitriles is 1. The van der Waals surface area contributed by atoms with Crippen molar-refractivity contribution in [2.24, 2.45) is 0 Å². The molecule has 2 aromatic carbocycles. The Hall–Kier alpha value is -1.38. The van der Waals surface area contributed by atoms with Crippen molar-refractivity contribution >= 4 is 31.9 Å². The number of ether oxygens (including phenoxy) is 1. The minimum atomic E-state index is -0.416. The van der Waals surface area contributed by atoms with E-state index in [1.807, 2.05) is 6.07 Å². The summed E-state index contributed by atoms with van der Waals surface area (Å²) in [6.45, 7) is 0. The van der Waals surface area contributed by atoms with E-state index in [9.17, 15) is 4.39 Å². The molecule has 0 fully saturated rings. The first-order valence-electron chi connectivity index (χ1n) is 4.92. The third kappa shape index (κ3) is 2.89. The van der Waals surface area contributed by atoms with Gasteiger partial charge in [0.15, 0.2) is 0 Å². The molecule has 0 unspecified atom stereocenters. The van der Waals surface area contributed by atoms with Gasteiger partial charge in [0, 0.05) is 10.5 Å². The van der Waals surface area contributed by atoms with E-state index in [0.717, 1.165) is 4.47 Å². The zero-order valence-electron chi connectivity index (χ0n) is 8.95. The van der Waals surface area contributed by atoms with E-state index >= 15 is 0 Å². The molecule has 0 spiro atoms. The Bertz CT molecular complexity index is 637. The maximum absolute atomic E-state index is 13.3. The highest BCUT2D eigenvalue weighted by Crippen LogP contribution is 2.30. The number of halogens is 3. The molecule has 0 atom stereocenters. The highest BCUT2D eigenvalue weighted by atomic mass is 79.9. The number of rotatable bonds is 2. The van der Waals surface area contributed by atoms with Crippen LogP contribution >= 0.6 is 31.9 Å². The van der Waals surface area contributed by atoms with Crippen molar-refractivity contribution in [3.05, 3.63) is 56.7 Å². The number of nitrogens with zero attached hydrogens (tertiary/aromatic N) is 1. The molecule has 0 saturated carbocycles. The fourth-order valence-electron chi connectivity index (χ4n) is 1.34. The summed E-state index contributed by atoms with van der Waals surface area (Å²) in [4.78, 5) is 0. The third-order valence-electron chi connectivity index (χ3n) is 2.18. The summed E-state index contributed by atoms with van der Waals surface area (Å²) in [6, 6.07) is 11.5. The Balaban J connectivity index is 2.36. The summed E-state index contributed by atoms with van der Waals surface area (Å²) in [5, 5.41) is 8.96. The second-order valence-electron chi connectivity index (χ2n) is 3.43. The van der Waals surface area contributed by atoms with Crippen LogP contribution in [0.1, 0.15) is 5.56 Å². The lowest BCUT2D eigenvalue weighted by molar-refractivity contribution is 0.474. The van der Waals surface area contributed by atoms with Gasteiger partial charge in [-0.3, -0.25) is 0 Å². The minimum Gasteiger partial charge on any atom is -0.456 e. The lowest BCUT2D eigenvalue weighted by atomic mass is 10.2. The molecule has 2 aromatic rings. The molecular weight excluding hydrogens is 365 g/mol. The molecule has 0 aromatic heterocycles.